The summed E-state index contributed by atoms with van der Waals surface area (Å²) in [6, 6.07) is -0.482. The Morgan fingerprint density at radius 1 is 1.56 bits per heavy atom. The van der Waals surface area contributed by atoms with Crippen LogP contribution in [0.5, 0.6) is 0 Å². The lowest BCUT2D eigenvalue weighted by atomic mass is 9.99. The van der Waals surface area contributed by atoms with Crippen LogP contribution in [-0.4, -0.2) is 47.9 Å². The van der Waals surface area contributed by atoms with Crippen molar-refractivity contribution in [1.82, 2.24) is 15.5 Å². The monoisotopic (exact) mass is 254 g/mol. The first-order valence-electron chi connectivity index (χ1n) is 6.08. The van der Waals surface area contributed by atoms with Crippen molar-refractivity contribution in [2.45, 2.75) is 25.3 Å². The maximum atomic E-state index is 12.0. The molecule has 0 aromatic rings. The molecule has 2 aliphatic rings. The molecule has 2 unspecified atom stereocenters. The number of rotatable bonds is 3. The minimum Gasteiger partial charge on any atom is -0.340 e. The molecule has 0 aromatic carbocycles. The van der Waals surface area contributed by atoms with E-state index >= 15 is 0 Å². The Kier molecular flexibility index (Phi) is 3.25. The number of imide groups is 1. The lowest BCUT2D eigenvalue weighted by molar-refractivity contribution is -0.131. The lowest BCUT2D eigenvalue weighted by Crippen LogP contribution is -2.49. The van der Waals surface area contributed by atoms with Crippen LogP contribution >= 0.6 is 0 Å². The van der Waals surface area contributed by atoms with Crippen LogP contribution in [-0.2, 0) is 9.59 Å². The number of hydrogen-bond donors (Lipinski definition) is 3. The number of hydrogen-bond acceptors (Lipinski definition) is 4. The number of carbonyl (C=O) groups excluding carboxylic acids is 3. The second kappa shape index (κ2) is 4.56. The Hall–Kier alpha value is -1.63. The van der Waals surface area contributed by atoms with Gasteiger partial charge in [-0.1, -0.05) is 6.92 Å². The molecule has 100 valence electrons. The average molecular weight is 254 g/mol. The Morgan fingerprint density at radius 2 is 2.28 bits per heavy atom. The molecule has 18 heavy (non-hydrogen) atoms. The fraction of sp³-hybridized carbons (Fsp3) is 0.727. The number of urea groups is 1. The van der Waals surface area contributed by atoms with E-state index in [9.17, 15) is 14.4 Å². The highest BCUT2D eigenvalue weighted by Gasteiger charge is 2.51. The summed E-state index contributed by atoms with van der Waals surface area (Å²) in [5.74, 6) is -0.227. The van der Waals surface area contributed by atoms with E-state index in [1.54, 1.807) is 4.90 Å². The molecule has 0 saturated carbocycles. The van der Waals surface area contributed by atoms with Gasteiger partial charge in [0.05, 0.1) is 6.54 Å². The van der Waals surface area contributed by atoms with E-state index in [2.05, 4.69) is 10.6 Å². The zero-order chi connectivity index (χ0) is 13.3. The van der Waals surface area contributed by atoms with Gasteiger partial charge in [-0.25, -0.2) is 4.79 Å². The van der Waals surface area contributed by atoms with E-state index in [0.29, 0.717) is 25.9 Å². The summed E-state index contributed by atoms with van der Waals surface area (Å²) in [5, 5.41) is 4.83. The highest BCUT2D eigenvalue weighted by atomic mass is 16.2. The molecular weight excluding hydrogens is 236 g/mol. The number of carbonyl (C=O) groups is 3. The third-order valence-corrected chi connectivity index (χ3v) is 3.56. The van der Waals surface area contributed by atoms with Crippen molar-refractivity contribution < 1.29 is 14.4 Å². The molecule has 0 aromatic heterocycles. The molecule has 2 aliphatic heterocycles. The molecule has 2 fully saturated rings. The topological polar surface area (TPSA) is 105 Å². The summed E-state index contributed by atoms with van der Waals surface area (Å²) in [6.45, 7) is 3.11. The fourth-order valence-corrected chi connectivity index (χ4v) is 2.35. The number of likely N-dealkylation sites (tertiary alicyclic amines) is 1. The minimum atomic E-state index is -0.918. The first kappa shape index (κ1) is 12.8. The van der Waals surface area contributed by atoms with Gasteiger partial charge >= 0.3 is 6.03 Å². The Bertz CT molecular complexity index is 398. The first-order valence-corrected chi connectivity index (χ1v) is 6.08. The van der Waals surface area contributed by atoms with Crippen LogP contribution in [0.15, 0.2) is 0 Å². The summed E-state index contributed by atoms with van der Waals surface area (Å²) in [4.78, 5) is 36.4. The lowest BCUT2D eigenvalue weighted by Gasteiger charge is -2.22. The molecule has 4 amide bonds. The van der Waals surface area contributed by atoms with Gasteiger partial charge in [0.2, 0.25) is 5.91 Å². The van der Waals surface area contributed by atoms with Crippen LogP contribution in [0.4, 0.5) is 4.79 Å². The molecule has 0 aliphatic carbocycles. The molecule has 2 rings (SSSR count). The number of amides is 4. The van der Waals surface area contributed by atoms with Crippen molar-refractivity contribution in [2.75, 3.05) is 19.6 Å². The first-order chi connectivity index (χ1) is 8.47. The van der Waals surface area contributed by atoms with E-state index < -0.39 is 11.6 Å². The van der Waals surface area contributed by atoms with Crippen LogP contribution in [0.2, 0.25) is 0 Å². The van der Waals surface area contributed by atoms with E-state index in [4.69, 9.17) is 5.73 Å². The Labute approximate surface area is 105 Å². The molecule has 1 spiro atoms. The maximum absolute atomic E-state index is 12.0. The molecule has 7 heteroatoms. The van der Waals surface area contributed by atoms with Gasteiger partial charge in [-0.05, 0) is 18.9 Å². The third-order valence-electron chi connectivity index (χ3n) is 3.56. The molecule has 0 bridgehead atoms. The quantitative estimate of drug-likeness (QED) is 0.549. The highest BCUT2D eigenvalue weighted by molar-refractivity contribution is 6.07. The molecule has 0 radical (unpaired) electrons. The van der Waals surface area contributed by atoms with Crippen molar-refractivity contribution in [3.05, 3.63) is 0 Å². The summed E-state index contributed by atoms with van der Waals surface area (Å²) in [7, 11) is 0. The van der Waals surface area contributed by atoms with Crippen LogP contribution in [0.1, 0.15) is 19.8 Å². The maximum Gasteiger partial charge on any atom is 0.322 e. The third kappa shape index (κ3) is 2.17. The SMILES string of the molecule is CC(CN)CC(=O)N1CCC2(C1)NC(=O)NC2=O. The number of nitrogens with one attached hydrogen (secondary N) is 2. The smallest absolute Gasteiger partial charge is 0.322 e. The summed E-state index contributed by atoms with van der Waals surface area (Å²) in [6.07, 6.45) is 0.843. The second-order valence-corrected chi connectivity index (χ2v) is 5.10. The fourth-order valence-electron chi connectivity index (χ4n) is 2.35. The van der Waals surface area contributed by atoms with E-state index in [1.807, 2.05) is 6.92 Å². The molecule has 2 atom stereocenters. The minimum absolute atomic E-state index is 0.0150. The van der Waals surface area contributed by atoms with Gasteiger partial charge in [-0.3, -0.25) is 14.9 Å². The average Bonchev–Trinajstić information content (AvgIpc) is 2.84. The van der Waals surface area contributed by atoms with Gasteiger partial charge in [0.25, 0.3) is 5.91 Å². The molecule has 4 N–H and O–H groups in total. The zero-order valence-electron chi connectivity index (χ0n) is 10.4. The Balaban J connectivity index is 1.98. The van der Waals surface area contributed by atoms with Gasteiger partial charge in [0.15, 0.2) is 0 Å². The largest absolute Gasteiger partial charge is 0.340 e. The van der Waals surface area contributed by atoms with E-state index in [1.165, 1.54) is 0 Å². The van der Waals surface area contributed by atoms with Gasteiger partial charge in [0, 0.05) is 13.0 Å². The van der Waals surface area contributed by atoms with Crippen molar-refractivity contribution >= 4 is 17.8 Å². The van der Waals surface area contributed by atoms with Crippen molar-refractivity contribution in [2.24, 2.45) is 11.7 Å². The van der Waals surface area contributed by atoms with Crippen LogP contribution in [0, 0.1) is 5.92 Å². The van der Waals surface area contributed by atoms with Crippen LogP contribution in [0.3, 0.4) is 0 Å². The molecular formula is C11H18N4O3. The highest BCUT2D eigenvalue weighted by Crippen LogP contribution is 2.25. The van der Waals surface area contributed by atoms with Gasteiger partial charge < -0.3 is 16.0 Å². The van der Waals surface area contributed by atoms with Crippen molar-refractivity contribution in [3.63, 3.8) is 0 Å². The van der Waals surface area contributed by atoms with Crippen LogP contribution < -0.4 is 16.4 Å². The Morgan fingerprint density at radius 3 is 2.83 bits per heavy atom. The van der Waals surface area contributed by atoms with Crippen molar-refractivity contribution in [3.8, 4) is 0 Å². The molecule has 2 heterocycles. The van der Waals surface area contributed by atoms with Gasteiger partial charge in [-0.2, -0.15) is 0 Å². The summed E-state index contributed by atoms with van der Waals surface area (Å²) < 4.78 is 0. The predicted octanol–water partition coefficient (Wildman–Crippen LogP) is -1.22. The van der Waals surface area contributed by atoms with Gasteiger partial charge in [-0.15, -0.1) is 0 Å². The second-order valence-electron chi connectivity index (χ2n) is 5.10. The summed E-state index contributed by atoms with van der Waals surface area (Å²) >= 11 is 0. The predicted molar refractivity (Wildman–Crippen MR) is 63.4 cm³/mol. The zero-order valence-corrected chi connectivity index (χ0v) is 10.4. The summed E-state index contributed by atoms with van der Waals surface area (Å²) in [5.41, 5.74) is 4.57. The van der Waals surface area contributed by atoms with E-state index in [-0.39, 0.29) is 24.3 Å². The number of nitrogens with two attached hydrogens (primary N) is 1. The van der Waals surface area contributed by atoms with E-state index in [0.717, 1.165) is 0 Å². The van der Waals surface area contributed by atoms with Crippen LogP contribution in [0.25, 0.3) is 0 Å². The normalized spacial score (nSPS) is 28.4. The van der Waals surface area contributed by atoms with Gasteiger partial charge in [0.1, 0.15) is 5.54 Å². The number of nitrogens with zero attached hydrogens (tertiary/aromatic N) is 1. The van der Waals surface area contributed by atoms with Crippen molar-refractivity contribution in [1.29, 1.82) is 0 Å². The molecule has 7 nitrogen and oxygen atoms in total. The molecule has 2 saturated heterocycles. The standard InChI is InChI=1S/C11H18N4O3/c1-7(5-12)4-8(16)15-3-2-11(6-15)9(17)13-10(18)14-11/h7H,2-6,12H2,1H3,(H2,13,14,17,18).